The molecule has 0 saturated heterocycles. The molecule has 0 spiro atoms. The van der Waals surface area contributed by atoms with Gasteiger partial charge in [-0.3, -0.25) is 0 Å². The molecule has 0 radical (unpaired) electrons. The van der Waals surface area contributed by atoms with Crippen LogP contribution in [0.2, 0.25) is 0 Å². The second-order valence-corrected chi connectivity index (χ2v) is 5.63. The van der Waals surface area contributed by atoms with Crippen molar-refractivity contribution in [3.63, 3.8) is 0 Å². The molecule has 0 aromatic heterocycles. The van der Waals surface area contributed by atoms with Crippen LogP contribution in [-0.4, -0.2) is 11.4 Å². The van der Waals surface area contributed by atoms with Gasteiger partial charge in [0.1, 0.15) is 0 Å². The molecule has 0 unspecified atom stereocenters. The Balaban J connectivity index is 1.92. The number of nitrogens with zero attached hydrogens (tertiary/aromatic N) is 2. The molecule has 0 aliphatic rings. The zero-order valence-corrected chi connectivity index (χ0v) is 13.8. The number of rotatable bonds is 5. The van der Waals surface area contributed by atoms with Crippen LogP contribution < -0.4 is 0 Å². The van der Waals surface area contributed by atoms with E-state index in [-0.39, 0.29) is 0 Å². The predicted molar refractivity (Wildman–Crippen MR) is 102 cm³/mol. The minimum absolute atomic E-state index is 0.760. The smallest absolute Gasteiger partial charge is 0.0746 e. The van der Waals surface area contributed by atoms with Gasteiger partial charge in [0.25, 0.3) is 0 Å². The highest BCUT2D eigenvalue weighted by molar-refractivity contribution is 6.03. The molecule has 3 aromatic carbocycles. The van der Waals surface area contributed by atoms with Crippen molar-refractivity contribution in [2.24, 2.45) is 10.2 Å². The molecule has 118 valence electrons. The average molecular weight is 312 g/mol. The van der Waals surface area contributed by atoms with Crippen LogP contribution in [0.5, 0.6) is 0 Å². The molecule has 0 aliphatic carbocycles. The van der Waals surface area contributed by atoms with Crippen molar-refractivity contribution in [1.29, 1.82) is 0 Å². The molecule has 3 aromatic rings. The van der Waals surface area contributed by atoms with Crippen molar-refractivity contribution >= 4 is 11.4 Å². The monoisotopic (exact) mass is 312 g/mol. The Bertz CT molecular complexity index is 820. The highest BCUT2D eigenvalue weighted by Gasteiger charge is 2.05. The molecule has 0 heterocycles. The van der Waals surface area contributed by atoms with E-state index in [4.69, 9.17) is 0 Å². The summed E-state index contributed by atoms with van der Waals surface area (Å²) in [5.41, 5.74) is 5.31. The molecule has 24 heavy (non-hydrogen) atoms. The first kappa shape index (κ1) is 15.9. The van der Waals surface area contributed by atoms with E-state index in [0.717, 1.165) is 29.0 Å². The summed E-state index contributed by atoms with van der Waals surface area (Å²) in [6.07, 6.45) is 0.760. The zero-order chi connectivity index (χ0) is 16.6. The molecular weight excluding hydrogens is 292 g/mol. The van der Waals surface area contributed by atoms with Gasteiger partial charge in [-0.2, -0.15) is 10.2 Å². The maximum atomic E-state index is 4.57. The van der Waals surface area contributed by atoms with Crippen molar-refractivity contribution in [2.75, 3.05) is 0 Å². The summed E-state index contributed by atoms with van der Waals surface area (Å²) in [4.78, 5) is 0. The van der Waals surface area contributed by atoms with Crippen molar-refractivity contribution in [2.45, 2.75) is 13.3 Å². The third kappa shape index (κ3) is 4.26. The molecule has 0 saturated carbocycles. The molecule has 0 aliphatic heterocycles. The summed E-state index contributed by atoms with van der Waals surface area (Å²) in [7, 11) is 0. The van der Waals surface area contributed by atoms with Gasteiger partial charge in [-0.25, -0.2) is 0 Å². The second-order valence-electron chi connectivity index (χ2n) is 5.63. The van der Waals surface area contributed by atoms with Gasteiger partial charge < -0.3 is 0 Å². The summed E-state index contributed by atoms with van der Waals surface area (Å²) < 4.78 is 0. The van der Waals surface area contributed by atoms with Crippen molar-refractivity contribution in [3.8, 4) is 0 Å². The summed E-state index contributed by atoms with van der Waals surface area (Å²) in [5, 5.41) is 9.04. The summed E-state index contributed by atoms with van der Waals surface area (Å²) >= 11 is 0. The van der Waals surface area contributed by atoms with Gasteiger partial charge in [-0.1, -0.05) is 91.0 Å². The van der Waals surface area contributed by atoms with Crippen LogP contribution in [0.1, 0.15) is 23.6 Å². The van der Waals surface area contributed by atoms with Crippen molar-refractivity contribution in [1.82, 2.24) is 0 Å². The van der Waals surface area contributed by atoms with Crippen molar-refractivity contribution < 1.29 is 0 Å². The Morgan fingerprint density at radius 2 is 1.12 bits per heavy atom. The first-order chi connectivity index (χ1) is 11.8. The van der Waals surface area contributed by atoms with E-state index in [0.29, 0.717) is 0 Å². The third-order valence-electron chi connectivity index (χ3n) is 3.83. The zero-order valence-electron chi connectivity index (χ0n) is 13.8. The Labute approximate surface area is 143 Å². The number of benzene rings is 3. The Morgan fingerprint density at radius 1 is 0.625 bits per heavy atom. The van der Waals surface area contributed by atoms with Gasteiger partial charge in [-0.05, 0) is 23.6 Å². The van der Waals surface area contributed by atoms with E-state index in [2.05, 4.69) is 46.6 Å². The van der Waals surface area contributed by atoms with Crippen LogP contribution >= 0.6 is 0 Å². The Morgan fingerprint density at radius 3 is 1.71 bits per heavy atom. The van der Waals surface area contributed by atoms with Gasteiger partial charge >= 0.3 is 0 Å². The fraction of sp³-hybridized carbons (Fsp3) is 0.0909. The maximum Gasteiger partial charge on any atom is 0.0746 e. The van der Waals surface area contributed by atoms with Crippen LogP contribution in [0, 0.1) is 0 Å². The molecular formula is C22H20N2. The summed E-state index contributed by atoms with van der Waals surface area (Å²) in [6, 6.07) is 30.7. The molecule has 0 atom stereocenters. The van der Waals surface area contributed by atoms with E-state index in [1.807, 2.05) is 61.5 Å². The molecule has 0 N–H and O–H groups in total. The molecule has 0 fully saturated rings. The van der Waals surface area contributed by atoms with Crippen LogP contribution in [-0.2, 0) is 6.42 Å². The number of hydrogen-bond donors (Lipinski definition) is 0. The van der Waals surface area contributed by atoms with E-state index >= 15 is 0 Å². The summed E-state index contributed by atoms with van der Waals surface area (Å²) in [6.45, 7) is 1.99. The Hall–Kier alpha value is -3.00. The minimum Gasteiger partial charge on any atom is -0.155 e. The standard InChI is InChI=1S/C22H20N2/c1-18(20-13-7-3-8-14-20)23-24-22(21-15-9-4-10-16-21)17-19-11-5-2-6-12-19/h2-16H,17H2,1H3/b23-18+,24-22-. The number of hydrogen-bond acceptors (Lipinski definition) is 2. The van der Waals surface area contributed by atoms with E-state index in [1.165, 1.54) is 5.56 Å². The minimum atomic E-state index is 0.760. The quantitative estimate of drug-likeness (QED) is 0.460. The van der Waals surface area contributed by atoms with Crippen LogP contribution in [0.25, 0.3) is 0 Å². The first-order valence-corrected chi connectivity index (χ1v) is 8.09. The van der Waals surface area contributed by atoms with Crippen LogP contribution in [0.3, 0.4) is 0 Å². The second kappa shape index (κ2) is 8.02. The van der Waals surface area contributed by atoms with Gasteiger partial charge in [0.05, 0.1) is 11.4 Å². The maximum absolute atomic E-state index is 4.57. The van der Waals surface area contributed by atoms with E-state index in [9.17, 15) is 0 Å². The van der Waals surface area contributed by atoms with E-state index in [1.54, 1.807) is 0 Å². The van der Waals surface area contributed by atoms with Crippen LogP contribution in [0.15, 0.2) is 101 Å². The largest absolute Gasteiger partial charge is 0.155 e. The molecule has 2 heteroatoms. The highest BCUT2D eigenvalue weighted by atomic mass is 15.2. The van der Waals surface area contributed by atoms with Gasteiger partial charge in [0.2, 0.25) is 0 Å². The van der Waals surface area contributed by atoms with E-state index < -0.39 is 0 Å². The van der Waals surface area contributed by atoms with Gasteiger partial charge in [-0.15, -0.1) is 0 Å². The normalized spacial score (nSPS) is 12.2. The predicted octanol–water partition coefficient (Wildman–Crippen LogP) is 5.14. The van der Waals surface area contributed by atoms with Crippen LogP contribution in [0.4, 0.5) is 0 Å². The summed E-state index contributed by atoms with van der Waals surface area (Å²) in [5.74, 6) is 0. The fourth-order valence-electron chi connectivity index (χ4n) is 2.49. The first-order valence-electron chi connectivity index (χ1n) is 8.09. The lowest BCUT2D eigenvalue weighted by Crippen LogP contribution is -2.05. The third-order valence-corrected chi connectivity index (χ3v) is 3.83. The topological polar surface area (TPSA) is 24.7 Å². The molecule has 0 amide bonds. The average Bonchev–Trinajstić information content (AvgIpc) is 2.67. The van der Waals surface area contributed by atoms with Gasteiger partial charge in [0, 0.05) is 6.42 Å². The highest BCUT2D eigenvalue weighted by Crippen LogP contribution is 2.10. The fourth-order valence-corrected chi connectivity index (χ4v) is 2.49. The molecule has 2 nitrogen and oxygen atoms in total. The molecule has 3 rings (SSSR count). The Kier molecular flexibility index (Phi) is 5.31. The molecule has 0 bridgehead atoms. The van der Waals surface area contributed by atoms with Gasteiger partial charge in [0.15, 0.2) is 0 Å². The SMILES string of the molecule is C/C(=N\N=C(\Cc1ccccc1)c1ccccc1)c1ccccc1. The van der Waals surface area contributed by atoms with Crippen molar-refractivity contribution in [3.05, 3.63) is 108 Å². The lowest BCUT2D eigenvalue weighted by atomic mass is 10.0. The lowest BCUT2D eigenvalue weighted by molar-refractivity contribution is 1.18. The lowest BCUT2D eigenvalue weighted by Gasteiger charge is -2.06.